The Bertz CT molecular complexity index is 524. The summed E-state index contributed by atoms with van der Waals surface area (Å²) in [6.45, 7) is 8.23. The zero-order chi connectivity index (χ0) is 12.6. The first kappa shape index (κ1) is 11.7. The van der Waals surface area contributed by atoms with Crippen molar-refractivity contribution in [3.8, 4) is 16.9 Å². The summed E-state index contributed by atoms with van der Waals surface area (Å²) in [5.74, 6) is 0.414. The van der Waals surface area contributed by atoms with Gasteiger partial charge >= 0.3 is 0 Å². The highest BCUT2D eigenvalue weighted by Crippen LogP contribution is 2.38. The average Bonchev–Trinajstić information content (AvgIpc) is 2.36. The number of hydrogen-bond donors (Lipinski definition) is 1. The SMILES string of the molecule is Cc1c(C)c(C)c(-c2ccccc2)c(O)c1C. The third-order valence-corrected chi connectivity index (χ3v) is 3.72. The molecular weight excluding hydrogens is 208 g/mol. The molecule has 0 fully saturated rings. The van der Waals surface area contributed by atoms with Gasteiger partial charge in [-0.15, -0.1) is 0 Å². The number of phenols is 1. The predicted molar refractivity (Wildman–Crippen MR) is 72.5 cm³/mol. The van der Waals surface area contributed by atoms with Gasteiger partial charge in [0.25, 0.3) is 0 Å². The minimum Gasteiger partial charge on any atom is -0.507 e. The van der Waals surface area contributed by atoms with Crippen molar-refractivity contribution in [2.24, 2.45) is 0 Å². The Balaban J connectivity index is 2.80. The van der Waals surface area contributed by atoms with Crippen LogP contribution >= 0.6 is 0 Å². The third kappa shape index (κ3) is 1.82. The van der Waals surface area contributed by atoms with Crippen molar-refractivity contribution >= 4 is 0 Å². The van der Waals surface area contributed by atoms with Crippen LogP contribution in [0.5, 0.6) is 5.75 Å². The number of benzene rings is 2. The van der Waals surface area contributed by atoms with Crippen LogP contribution in [0, 0.1) is 27.7 Å². The van der Waals surface area contributed by atoms with E-state index in [1.807, 2.05) is 37.3 Å². The Morgan fingerprint density at radius 2 is 1.24 bits per heavy atom. The second kappa shape index (κ2) is 4.25. The van der Waals surface area contributed by atoms with E-state index in [2.05, 4.69) is 20.8 Å². The lowest BCUT2D eigenvalue weighted by Crippen LogP contribution is -1.96. The van der Waals surface area contributed by atoms with Crippen LogP contribution in [0.4, 0.5) is 0 Å². The van der Waals surface area contributed by atoms with Gasteiger partial charge in [-0.25, -0.2) is 0 Å². The molecule has 0 radical (unpaired) electrons. The second-order valence-electron chi connectivity index (χ2n) is 4.59. The van der Waals surface area contributed by atoms with Crippen molar-refractivity contribution < 1.29 is 5.11 Å². The fourth-order valence-electron chi connectivity index (χ4n) is 2.25. The maximum Gasteiger partial charge on any atom is 0.126 e. The van der Waals surface area contributed by atoms with Crippen LogP contribution < -0.4 is 0 Å². The molecule has 0 saturated heterocycles. The van der Waals surface area contributed by atoms with Crippen molar-refractivity contribution in [3.63, 3.8) is 0 Å². The summed E-state index contributed by atoms with van der Waals surface area (Å²) in [7, 11) is 0. The van der Waals surface area contributed by atoms with Gasteiger partial charge < -0.3 is 5.11 Å². The normalized spacial score (nSPS) is 10.6. The van der Waals surface area contributed by atoms with E-state index >= 15 is 0 Å². The van der Waals surface area contributed by atoms with Gasteiger partial charge in [-0.05, 0) is 55.5 Å². The number of hydrogen-bond acceptors (Lipinski definition) is 1. The maximum absolute atomic E-state index is 10.3. The molecular formula is C16H18O. The lowest BCUT2D eigenvalue weighted by molar-refractivity contribution is 0.472. The molecule has 2 aromatic carbocycles. The first-order valence-corrected chi connectivity index (χ1v) is 5.88. The Morgan fingerprint density at radius 1 is 0.706 bits per heavy atom. The van der Waals surface area contributed by atoms with Gasteiger partial charge in [0.2, 0.25) is 0 Å². The standard InChI is InChI=1S/C16H18O/c1-10-11(2)13(4)16(17)15(12(10)3)14-8-6-5-7-9-14/h5-9,17H,1-4H3. The quantitative estimate of drug-likeness (QED) is 0.769. The summed E-state index contributed by atoms with van der Waals surface area (Å²) >= 11 is 0. The molecule has 1 N–H and O–H groups in total. The molecule has 17 heavy (non-hydrogen) atoms. The lowest BCUT2D eigenvalue weighted by Gasteiger charge is -2.17. The van der Waals surface area contributed by atoms with E-state index in [-0.39, 0.29) is 0 Å². The van der Waals surface area contributed by atoms with Gasteiger partial charge in [0, 0.05) is 5.56 Å². The highest BCUT2D eigenvalue weighted by Gasteiger charge is 2.15. The fraction of sp³-hybridized carbons (Fsp3) is 0.250. The molecule has 0 unspecified atom stereocenters. The van der Waals surface area contributed by atoms with Crippen molar-refractivity contribution in [1.82, 2.24) is 0 Å². The van der Waals surface area contributed by atoms with Crippen LogP contribution in [0.15, 0.2) is 30.3 Å². The molecule has 0 aliphatic heterocycles. The monoisotopic (exact) mass is 226 g/mol. The topological polar surface area (TPSA) is 20.2 Å². The highest BCUT2D eigenvalue weighted by atomic mass is 16.3. The average molecular weight is 226 g/mol. The zero-order valence-electron chi connectivity index (χ0n) is 10.8. The molecule has 2 aromatic rings. The smallest absolute Gasteiger partial charge is 0.126 e. The Hall–Kier alpha value is -1.76. The first-order valence-electron chi connectivity index (χ1n) is 5.88. The van der Waals surface area contributed by atoms with E-state index in [0.717, 1.165) is 22.3 Å². The van der Waals surface area contributed by atoms with Crippen molar-refractivity contribution in [1.29, 1.82) is 0 Å². The lowest BCUT2D eigenvalue weighted by atomic mass is 9.90. The van der Waals surface area contributed by atoms with E-state index in [9.17, 15) is 5.11 Å². The van der Waals surface area contributed by atoms with Gasteiger partial charge in [0.05, 0.1) is 0 Å². The van der Waals surface area contributed by atoms with Gasteiger partial charge in [0.15, 0.2) is 0 Å². The van der Waals surface area contributed by atoms with E-state index < -0.39 is 0 Å². The molecule has 0 aromatic heterocycles. The summed E-state index contributed by atoms with van der Waals surface area (Å²) in [4.78, 5) is 0. The van der Waals surface area contributed by atoms with Crippen molar-refractivity contribution in [2.45, 2.75) is 27.7 Å². The highest BCUT2D eigenvalue weighted by molar-refractivity contribution is 5.77. The van der Waals surface area contributed by atoms with Crippen LogP contribution in [0.2, 0.25) is 0 Å². The van der Waals surface area contributed by atoms with E-state index in [0.29, 0.717) is 5.75 Å². The summed E-state index contributed by atoms with van der Waals surface area (Å²) < 4.78 is 0. The van der Waals surface area contributed by atoms with Crippen molar-refractivity contribution in [3.05, 3.63) is 52.6 Å². The Morgan fingerprint density at radius 3 is 1.82 bits per heavy atom. The fourth-order valence-corrected chi connectivity index (χ4v) is 2.25. The number of rotatable bonds is 1. The van der Waals surface area contributed by atoms with Crippen molar-refractivity contribution in [2.75, 3.05) is 0 Å². The first-order chi connectivity index (χ1) is 8.04. The molecule has 1 heteroatoms. The van der Waals surface area contributed by atoms with E-state index in [4.69, 9.17) is 0 Å². The number of aromatic hydroxyl groups is 1. The molecule has 0 saturated carbocycles. The molecule has 0 heterocycles. The van der Waals surface area contributed by atoms with Crippen LogP contribution in [0.3, 0.4) is 0 Å². The zero-order valence-corrected chi connectivity index (χ0v) is 10.8. The summed E-state index contributed by atoms with van der Waals surface area (Å²) in [6, 6.07) is 10.1. The van der Waals surface area contributed by atoms with Crippen LogP contribution in [-0.4, -0.2) is 5.11 Å². The number of phenolic OH excluding ortho intramolecular Hbond substituents is 1. The Kier molecular flexibility index (Phi) is 2.93. The van der Waals surface area contributed by atoms with Gasteiger partial charge in [-0.2, -0.15) is 0 Å². The summed E-state index contributed by atoms with van der Waals surface area (Å²) in [5.41, 5.74) is 6.63. The molecule has 0 amide bonds. The second-order valence-corrected chi connectivity index (χ2v) is 4.59. The van der Waals surface area contributed by atoms with Crippen LogP contribution in [-0.2, 0) is 0 Å². The minimum atomic E-state index is 0.414. The van der Waals surface area contributed by atoms with Gasteiger partial charge in [-0.3, -0.25) is 0 Å². The molecule has 1 nitrogen and oxygen atoms in total. The maximum atomic E-state index is 10.3. The predicted octanol–water partition coefficient (Wildman–Crippen LogP) is 4.29. The molecule has 2 rings (SSSR count). The van der Waals surface area contributed by atoms with Gasteiger partial charge in [0.1, 0.15) is 5.75 Å². The molecule has 88 valence electrons. The molecule has 0 aliphatic carbocycles. The largest absolute Gasteiger partial charge is 0.507 e. The summed E-state index contributed by atoms with van der Waals surface area (Å²) in [6.07, 6.45) is 0. The molecule has 0 spiro atoms. The Labute approximate surface area is 103 Å². The molecule has 0 bridgehead atoms. The van der Waals surface area contributed by atoms with Crippen LogP contribution in [0.1, 0.15) is 22.3 Å². The van der Waals surface area contributed by atoms with Gasteiger partial charge in [-0.1, -0.05) is 30.3 Å². The van der Waals surface area contributed by atoms with Crippen LogP contribution in [0.25, 0.3) is 11.1 Å². The van der Waals surface area contributed by atoms with E-state index in [1.54, 1.807) is 0 Å². The molecule has 0 aliphatic rings. The third-order valence-electron chi connectivity index (χ3n) is 3.72. The van der Waals surface area contributed by atoms with E-state index in [1.165, 1.54) is 11.1 Å². The minimum absolute atomic E-state index is 0.414. The molecule has 0 atom stereocenters. The summed E-state index contributed by atoms with van der Waals surface area (Å²) in [5, 5.41) is 10.3.